The van der Waals surface area contributed by atoms with E-state index in [2.05, 4.69) is 10.3 Å². The Bertz CT molecular complexity index is 646. The highest BCUT2D eigenvalue weighted by molar-refractivity contribution is 5.80. The number of para-hydroxylation sites is 1. The van der Waals surface area contributed by atoms with Gasteiger partial charge in [-0.3, -0.25) is 4.79 Å². The summed E-state index contributed by atoms with van der Waals surface area (Å²) < 4.78 is 5.45. The molecule has 0 fully saturated rings. The highest BCUT2D eigenvalue weighted by Crippen LogP contribution is 2.16. The summed E-state index contributed by atoms with van der Waals surface area (Å²) in [6.45, 7) is 1.99. The van der Waals surface area contributed by atoms with Crippen LogP contribution in [0.4, 0.5) is 5.82 Å². The monoisotopic (exact) mass is 301 g/mol. The van der Waals surface area contributed by atoms with Gasteiger partial charge in [0.1, 0.15) is 18.2 Å². The SMILES string of the molecule is Cc1ccccc1OCC(O)C(=O)NCc1cccnc1N. The Kier molecular flexibility index (Phi) is 5.32. The number of nitrogens with zero attached hydrogens (tertiary/aromatic N) is 1. The standard InChI is InChI=1S/C16H19N3O3/c1-11-5-2-3-7-14(11)22-10-13(20)16(21)19-9-12-6-4-8-18-15(12)17/h2-8,13,20H,9-10H2,1H3,(H2,17,18)(H,19,21). The fourth-order valence-corrected chi connectivity index (χ4v) is 1.86. The van der Waals surface area contributed by atoms with Crippen LogP contribution < -0.4 is 15.8 Å². The van der Waals surface area contributed by atoms with Gasteiger partial charge >= 0.3 is 0 Å². The Balaban J connectivity index is 1.82. The number of nitrogens with two attached hydrogens (primary N) is 1. The zero-order valence-electron chi connectivity index (χ0n) is 12.3. The number of aliphatic hydroxyl groups is 1. The minimum absolute atomic E-state index is 0.112. The number of aryl methyl sites for hydroxylation is 1. The topological polar surface area (TPSA) is 97.5 Å². The van der Waals surface area contributed by atoms with E-state index in [1.807, 2.05) is 25.1 Å². The second-order valence-corrected chi connectivity index (χ2v) is 4.86. The van der Waals surface area contributed by atoms with Crippen LogP contribution in [-0.2, 0) is 11.3 Å². The highest BCUT2D eigenvalue weighted by atomic mass is 16.5. The molecule has 0 aliphatic rings. The summed E-state index contributed by atoms with van der Waals surface area (Å²) in [6, 6.07) is 10.9. The van der Waals surface area contributed by atoms with Crippen molar-refractivity contribution in [2.45, 2.75) is 19.6 Å². The smallest absolute Gasteiger partial charge is 0.252 e. The number of aromatic nitrogens is 1. The van der Waals surface area contributed by atoms with Crippen molar-refractivity contribution in [1.82, 2.24) is 10.3 Å². The molecule has 1 aromatic heterocycles. The molecule has 1 aromatic carbocycles. The van der Waals surface area contributed by atoms with E-state index in [0.717, 1.165) is 5.56 Å². The summed E-state index contributed by atoms with van der Waals surface area (Å²) >= 11 is 0. The molecule has 0 radical (unpaired) electrons. The van der Waals surface area contributed by atoms with Crippen LogP contribution in [0, 0.1) is 6.92 Å². The van der Waals surface area contributed by atoms with E-state index in [0.29, 0.717) is 17.1 Å². The lowest BCUT2D eigenvalue weighted by Gasteiger charge is -2.14. The molecule has 4 N–H and O–H groups in total. The number of amides is 1. The highest BCUT2D eigenvalue weighted by Gasteiger charge is 2.16. The Morgan fingerprint density at radius 2 is 2.14 bits per heavy atom. The molecule has 1 amide bonds. The molecule has 1 heterocycles. The van der Waals surface area contributed by atoms with E-state index >= 15 is 0 Å². The molecule has 0 saturated carbocycles. The summed E-state index contributed by atoms with van der Waals surface area (Å²) in [6.07, 6.45) is 0.323. The second kappa shape index (κ2) is 7.42. The Hall–Kier alpha value is -2.60. The molecule has 6 nitrogen and oxygen atoms in total. The van der Waals surface area contributed by atoms with Crippen molar-refractivity contribution < 1.29 is 14.6 Å². The van der Waals surface area contributed by atoms with Crippen molar-refractivity contribution in [3.63, 3.8) is 0 Å². The minimum Gasteiger partial charge on any atom is -0.490 e. The Morgan fingerprint density at radius 3 is 2.86 bits per heavy atom. The predicted octanol–water partition coefficient (Wildman–Crippen LogP) is 1.03. The van der Waals surface area contributed by atoms with Gasteiger partial charge in [-0.1, -0.05) is 24.3 Å². The third-order valence-corrected chi connectivity index (χ3v) is 3.17. The molecule has 0 bridgehead atoms. The second-order valence-electron chi connectivity index (χ2n) is 4.86. The number of rotatable bonds is 6. The maximum Gasteiger partial charge on any atom is 0.252 e. The van der Waals surface area contributed by atoms with Gasteiger partial charge in [0.25, 0.3) is 5.91 Å². The van der Waals surface area contributed by atoms with Crippen LogP contribution in [0.3, 0.4) is 0 Å². The minimum atomic E-state index is -1.25. The fraction of sp³-hybridized carbons (Fsp3) is 0.250. The van der Waals surface area contributed by atoms with Gasteiger partial charge < -0.3 is 20.9 Å². The summed E-state index contributed by atoms with van der Waals surface area (Å²) in [5.41, 5.74) is 7.32. The molecule has 1 unspecified atom stereocenters. The van der Waals surface area contributed by atoms with Gasteiger partial charge in [0.2, 0.25) is 0 Å². The van der Waals surface area contributed by atoms with Gasteiger partial charge in [0.15, 0.2) is 6.10 Å². The number of nitrogens with one attached hydrogen (secondary N) is 1. The summed E-state index contributed by atoms with van der Waals surface area (Å²) in [5.74, 6) is 0.483. The van der Waals surface area contributed by atoms with Crippen molar-refractivity contribution in [2.24, 2.45) is 0 Å². The number of hydrogen-bond acceptors (Lipinski definition) is 5. The number of pyridine rings is 1. The van der Waals surface area contributed by atoms with Gasteiger partial charge in [-0.2, -0.15) is 0 Å². The zero-order valence-corrected chi connectivity index (χ0v) is 12.3. The molecule has 2 aromatic rings. The van der Waals surface area contributed by atoms with E-state index in [-0.39, 0.29) is 13.2 Å². The van der Waals surface area contributed by atoms with Crippen LogP contribution >= 0.6 is 0 Å². The van der Waals surface area contributed by atoms with Gasteiger partial charge in [0, 0.05) is 18.3 Å². The average Bonchev–Trinajstić information content (AvgIpc) is 2.52. The van der Waals surface area contributed by atoms with Crippen LogP contribution in [0.5, 0.6) is 5.75 Å². The van der Waals surface area contributed by atoms with E-state index in [1.54, 1.807) is 24.4 Å². The lowest BCUT2D eigenvalue weighted by atomic mass is 10.2. The largest absolute Gasteiger partial charge is 0.490 e. The number of carbonyl (C=O) groups is 1. The molecule has 0 aliphatic carbocycles. The number of nitrogen functional groups attached to an aromatic ring is 1. The molecule has 2 rings (SSSR count). The number of carbonyl (C=O) groups excluding carboxylic acids is 1. The number of aliphatic hydroxyl groups excluding tert-OH is 1. The number of anilines is 1. The van der Waals surface area contributed by atoms with Crippen LogP contribution in [0.2, 0.25) is 0 Å². The van der Waals surface area contributed by atoms with Gasteiger partial charge in [0.05, 0.1) is 0 Å². The molecule has 1 atom stereocenters. The Morgan fingerprint density at radius 1 is 1.36 bits per heavy atom. The molecule has 116 valence electrons. The molecular weight excluding hydrogens is 282 g/mol. The van der Waals surface area contributed by atoms with Crippen LogP contribution in [0.15, 0.2) is 42.6 Å². The van der Waals surface area contributed by atoms with Crippen molar-refractivity contribution in [3.05, 3.63) is 53.7 Å². The first kappa shape index (κ1) is 15.8. The first-order chi connectivity index (χ1) is 10.6. The fourth-order valence-electron chi connectivity index (χ4n) is 1.86. The van der Waals surface area contributed by atoms with Gasteiger partial charge in [-0.05, 0) is 24.6 Å². The van der Waals surface area contributed by atoms with Crippen LogP contribution in [0.1, 0.15) is 11.1 Å². The van der Waals surface area contributed by atoms with Crippen molar-refractivity contribution in [2.75, 3.05) is 12.3 Å². The third kappa shape index (κ3) is 4.20. The molecule has 22 heavy (non-hydrogen) atoms. The average molecular weight is 301 g/mol. The molecular formula is C16H19N3O3. The van der Waals surface area contributed by atoms with Gasteiger partial charge in [-0.25, -0.2) is 4.98 Å². The first-order valence-corrected chi connectivity index (χ1v) is 6.91. The van der Waals surface area contributed by atoms with Crippen LogP contribution in [0.25, 0.3) is 0 Å². The van der Waals surface area contributed by atoms with Crippen LogP contribution in [-0.4, -0.2) is 28.7 Å². The van der Waals surface area contributed by atoms with Crippen molar-refractivity contribution >= 4 is 11.7 Å². The van der Waals surface area contributed by atoms with Crippen molar-refractivity contribution in [3.8, 4) is 5.75 Å². The molecule has 6 heteroatoms. The molecule has 0 aliphatic heterocycles. The maximum absolute atomic E-state index is 11.8. The number of hydrogen-bond donors (Lipinski definition) is 3. The lowest BCUT2D eigenvalue weighted by molar-refractivity contribution is -0.130. The zero-order chi connectivity index (χ0) is 15.9. The molecule has 0 saturated heterocycles. The van der Waals surface area contributed by atoms with E-state index < -0.39 is 12.0 Å². The normalized spacial score (nSPS) is 11.7. The summed E-state index contributed by atoms with van der Waals surface area (Å²) in [4.78, 5) is 15.8. The third-order valence-electron chi connectivity index (χ3n) is 3.17. The van der Waals surface area contributed by atoms with Gasteiger partial charge in [-0.15, -0.1) is 0 Å². The Labute approximate surface area is 128 Å². The number of ether oxygens (including phenoxy) is 1. The first-order valence-electron chi connectivity index (χ1n) is 6.91. The summed E-state index contributed by atoms with van der Waals surface area (Å²) in [7, 11) is 0. The van der Waals surface area contributed by atoms with E-state index in [4.69, 9.17) is 10.5 Å². The van der Waals surface area contributed by atoms with E-state index in [9.17, 15) is 9.90 Å². The maximum atomic E-state index is 11.8. The lowest BCUT2D eigenvalue weighted by Crippen LogP contribution is -2.38. The quantitative estimate of drug-likeness (QED) is 0.740. The summed E-state index contributed by atoms with van der Waals surface area (Å²) in [5, 5.41) is 12.4. The molecule has 0 spiro atoms. The predicted molar refractivity (Wildman–Crippen MR) is 83.2 cm³/mol. The van der Waals surface area contributed by atoms with E-state index in [1.165, 1.54) is 0 Å². The van der Waals surface area contributed by atoms with Crippen molar-refractivity contribution in [1.29, 1.82) is 0 Å². The number of benzene rings is 1.